The molecule has 0 fully saturated rings. The molecule has 3 heterocycles. The standard InChI is InChI=1S/C11H10N4O/c1-16-8-6-14-15(7-8)10-3-5-13-11-9(10)2-4-12-11/h2-7H,1H3,(H,12,13). The second-order valence-electron chi connectivity index (χ2n) is 3.39. The molecule has 3 aromatic heterocycles. The van der Waals surface area contributed by atoms with E-state index in [0.717, 1.165) is 22.5 Å². The van der Waals surface area contributed by atoms with E-state index in [4.69, 9.17) is 4.74 Å². The fraction of sp³-hybridized carbons (Fsp3) is 0.0909. The number of aromatic nitrogens is 4. The molecule has 1 N–H and O–H groups in total. The van der Waals surface area contributed by atoms with Gasteiger partial charge < -0.3 is 9.72 Å². The van der Waals surface area contributed by atoms with E-state index in [1.807, 2.05) is 24.5 Å². The first-order valence-corrected chi connectivity index (χ1v) is 4.89. The first kappa shape index (κ1) is 8.96. The van der Waals surface area contributed by atoms with Crippen LogP contribution in [0.4, 0.5) is 0 Å². The van der Waals surface area contributed by atoms with Crippen LogP contribution in [0.25, 0.3) is 16.7 Å². The second-order valence-corrected chi connectivity index (χ2v) is 3.39. The summed E-state index contributed by atoms with van der Waals surface area (Å²) in [5.74, 6) is 0.737. The van der Waals surface area contributed by atoms with Gasteiger partial charge in [-0.25, -0.2) is 9.67 Å². The maximum absolute atomic E-state index is 5.10. The highest BCUT2D eigenvalue weighted by molar-refractivity contribution is 5.84. The molecule has 5 heteroatoms. The van der Waals surface area contributed by atoms with Crippen molar-refractivity contribution >= 4 is 11.0 Å². The lowest BCUT2D eigenvalue weighted by Crippen LogP contribution is -1.95. The number of methoxy groups -OCH3 is 1. The summed E-state index contributed by atoms with van der Waals surface area (Å²) < 4.78 is 6.88. The van der Waals surface area contributed by atoms with Crippen LogP contribution in [-0.4, -0.2) is 26.9 Å². The maximum atomic E-state index is 5.10. The van der Waals surface area contributed by atoms with Crippen molar-refractivity contribution in [1.29, 1.82) is 0 Å². The largest absolute Gasteiger partial charge is 0.493 e. The summed E-state index contributed by atoms with van der Waals surface area (Å²) in [5.41, 5.74) is 1.83. The zero-order valence-corrected chi connectivity index (χ0v) is 8.71. The summed E-state index contributed by atoms with van der Waals surface area (Å²) in [4.78, 5) is 7.29. The predicted octanol–water partition coefficient (Wildman–Crippen LogP) is 1.76. The number of rotatable bonds is 2. The second kappa shape index (κ2) is 3.37. The van der Waals surface area contributed by atoms with E-state index in [2.05, 4.69) is 15.1 Å². The third kappa shape index (κ3) is 1.25. The lowest BCUT2D eigenvalue weighted by atomic mass is 10.3. The van der Waals surface area contributed by atoms with E-state index in [-0.39, 0.29) is 0 Å². The topological polar surface area (TPSA) is 55.7 Å². The van der Waals surface area contributed by atoms with Gasteiger partial charge in [0, 0.05) is 17.8 Å². The molecule has 0 aliphatic rings. The predicted molar refractivity (Wildman–Crippen MR) is 59.8 cm³/mol. The van der Waals surface area contributed by atoms with Crippen LogP contribution in [0.2, 0.25) is 0 Å². The highest BCUT2D eigenvalue weighted by atomic mass is 16.5. The van der Waals surface area contributed by atoms with Gasteiger partial charge in [0.1, 0.15) is 5.65 Å². The molecular weight excluding hydrogens is 204 g/mol. The Balaban J connectivity index is 2.21. The number of hydrogen-bond acceptors (Lipinski definition) is 3. The van der Waals surface area contributed by atoms with Gasteiger partial charge in [0.05, 0.1) is 25.2 Å². The molecule has 0 amide bonds. The summed E-state index contributed by atoms with van der Waals surface area (Å²) in [6.45, 7) is 0. The molecule has 3 rings (SSSR count). The Kier molecular flexibility index (Phi) is 1.89. The quantitative estimate of drug-likeness (QED) is 0.707. The van der Waals surface area contributed by atoms with Crippen LogP contribution in [-0.2, 0) is 0 Å². The van der Waals surface area contributed by atoms with E-state index in [1.165, 1.54) is 0 Å². The van der Waals surface area contributed by atoms with Crippen LogP contribution in [0.3, 0.4) is 0 Å². The van der Waals surface area contributed by atoms with Gasteiger partial charge in [-0.1, -0.05) is 0 Å². The van der Waals surface area contributed by atoms with Crippen molar-refractivity contribution < 1.29 is 4.74 Å². The Labute approximate surface area is 91.7 Å². The number of pyridine rings is 1. The van der Waals surface area contributed by atoms with Crippen molar-refractivity contribution in [2.24, 2.45) is 0 Å². The third-order valence-corrected chi connectivity index (χ3v) is 2.48. The van der Waals surface area contributed by atoms with E-state index in [9.17, 15) is 0 Å². The van der Waals surface area contributed by atoms with E-state index in [1.54, 1.807) is 24.2 Å². The Morgan fingerprint density at radius 2 is 2.31 bits per heavy atom. The number of hydrogen-bond donors (Lipinski definition) is 1. The van der Waals surface area contributed by atoms with Gasteiger partial charge >= 0.3 is 0 Å². The van der Waals surface area contributed by atoms with Gasteiger partial charge in [0.25, 0.3) is 0 Å². The van der Waals surface area contributed by atoms with Crippen molar-refractivity contribution in [2.45, 2.75) is 0 Å². The summed E-state index contributed by atoms with van der Waals surface area (Å²) in [7, 11) is 1.62. The Bertz CT molecular complexity index is 625. The zero-order chi connectivity index (χ0) is 11.0. The van der Waals surface area contributed by atoms with Crippen LogP contribution in [0.5, 0.6) is 5.75 Å². The summed E-state index contributed by atoms with van der Waals surface area (Å²) in [5, 5.41) is 5.27. The Morgan fingerprint density at radius 1 is 1.38 bits per heavy atom. The van der Waals surface area contributed by atoms with Gasteiger partial charge in [-0.3, -0.25) is 0 Å². The number of nitrogens with one attached hydrogen (secondary N) is 1. The fourth-order valence-electron chi connectivity index (χ4n) is 1.69. The Morgan fingerprint density at radius 3 is 3.12 bits per heavy atom. The Hall–Kier alpha value is -2.30. The first-order chi connectivity index (χ1) is 7.88. The van der Waals surface area contributed by atoms with Crippen LogP contribution in [0.15, 0.2) is 36.9 Å². The first-order valence-electron chi connectivity index (χ1n) is 4.89. The molecule has 0 aromatic carbocycles. The molecule has 80 valence electrons. The molecule has 0 spiro atoms. The van der Waals surface area contributed by atoms with Crippen molar-refractivity contribution in [1.82, 2.24) is 19.7 Å². The fourth-order valence-corrected chi connectivity index (χ4v) is 1.69. The van der Waals surface area contributed by atoms with E-state index < -0.39 is 0 Å². The number of ether oxygens (including phenoxy) is 1. The maximum Gasteiger partial charge on any atom is 0.157 e. The molecule has 16 heavy (non-hydrogen) atoms. The SMILES string of the molecule is COc1cnn(-c2ccnc3[nH]ccc23)c1. The molecule has 0 saturated heterocycles. The third-order valence-electron chi connectivity index (χ3n) is 2.48. The average Bonchev–Trinajstić information content (AvgIpc) is 2.97. The summed E-state index contributed by atoms with van der Waals surface area (Å²) in [6, 6.07) is 3.90. The van der Waals surface area contributed by atoms with Crippen LogP contribution in [0, 0.1) is 0 Å². The van der Waals surface area contributed by atoms with Gasteiger partial charge in [-0.05, 0) is 12.1 Å². The lowest BCUT2D eigenvalue weighted by Gasteiger charge is -2.01. The molecule has 3 aromatic rings. The zero-order valence-electron chi connectivity index (χ0n) is 8.71. The molecule has 0 unspecified atom stereocenters. The summed E-state index contributed by atoms with van der Waals surface area (Å²) in [6.07, 6.45) is 7.13. The van der Waals surface area contributed by atoms with Crippen LogP contribution >= 0.6 is 0 Å². The van der Waals surface area contributed by atoms with Gasteiger partial charge in [0.2, 0.25) is 0 Å². The van der Waals surface area contributed by atoms with Crippen molar-refractivity contribution in [3.05, 3.63) is 36.9 Å². The van der Waals surface area contributed by atoms with Crippen molar-refractivity contribution in [3.63, 3.8) is 0 Å². The van der Waals surface area contributed by atoms with E-state index in [0.29, 0.717) is 0 Å². The minimum Gasteiger partial charge on any atom is -0.493 e. The normalized spacial score (nSPS) is 10.8. The van der Waals surface area contributed by atoms with Gasteiger partial charge in [-0.2, -0.15) is 5.10 Å². The lowest BCUT2D eigenvalue weighted by molar-refractivity contribution is 0.414. The molecule has 0 bridgehead atoms. The molecule has 5 nitrogen and oxygen atoms in total. The molecule has 0 radical (unpaired) electrons. The molecule has 0 aliphatic carbocycles. The molecule has 0 aliphatic heterocycles. The molecule has 0 saturated carbocycles. The number of fused-ring (bicyclic) bond motifs is 1. The number of aromatic amines is 1. The molecular formula is C11H10N4O. The smallest absolute Gasteiger partial charge is 0.157 e. The number of H-pyrrole nitrogens is 1. The molecule has 0 atom stereocenters. The minimum absolute atomic E-state index is 0.737. The van der Waals surface area contributed by atoms with Crippen LogP contribution < -0.4 is 4.74 Å². The van der Waals surface area contributed by atoms with Gasteiger partial charge in [-0.15, -0.1) is 0 Å². The van der Waals surface area contributed by atoms with E-state index >= 15 is 0 Å². The van der Waals surface area contributed by atoms with Crippen molar-refractivity contribution in [3.8, 4) is 11.4 Å². The number of nitrogens with zero attached hydrogens (tertiary/aromatic N) is 3. The monoisotopic (exact) mass is 214 g/mol. The minimum atomic E-state index is 0.737. The highest BCUT2D eigenvalue weighted by Crippen LogP contribution is 2.20. The van der Waals surface area contributed by atoms with Gasteiger partial charge in [0.15, 0.2) is 5.75 Å². The van der Waals surface area contributed by atoms with Crippen molar-refractivity contribution in [2.75, 3.05) is 7.11 Å². The van der Waals surface area contributed by atoms with Crippen LogP contribution in [0.1, 0.15) is 0 Å². The summed E-state index contributed by atoms with van der Waals surface area (Å²) >= 11 is 0. The average molecular weight is 214 g/mol. The highest BCUT2D eigenvalue weighted by Gasteiger charge is 2.06.